The monoisotopic (exact) mass is 435 g/mol. The maximum Gasteiger partial charge on any atom is 0.261 e. The molecule has 0 spiro atoms. The van der Waals surface area contributed by atoms with E-state index in [1.165, 1.54) is 22.0 Å². The first-order valence-corrected chi connectivity index (χ1v) is 10.1. The zero-order valence-corrected chi connectivity index (χ0v) is 17.1. The summed E-state index contributed by atoms with van der Waals surface area (Å²) in [5.74, 6) is -0.191. The SMILES string of the molecule is COc1cc2sc(C(N)=O)cc2cc1C1NNC=C1NC(=O)c1cnn2cccnc12. The van der Waals surface area contributed by atoms with Crippen LogP contribution in [-0.2, 0) is 0 Å². The van der Waals surface area contributed by atoms with Gasteiger partial charge < -0.3 is 21.2 Å². The van der Waals surface area contributed by atoms with Crippen LogP contribution in [0.1, 0.15) is 31.6 Å². The number of carbonyl (C=O) groups is 2. The Labute approximate surface area is 179 Å². The molecule has 0 aliphatic carbocycles. The topological polar surface area (TPSA) is 136 Å². The number of ether oxygens (including phenoxy) is 1. The van der Waals surface area contributed by atoms with Gasteiger partial charge in [-0.2, -0.15) is 5.10 Å². The molecule has 0 radical (unpaired) electrons. The number of fused-ring (bicyclic) bond motifs is 2. The largest absolute Gasteiger partial charge is 0.496 e. The molecule has 4 heterocycles. The molecule has 4 aromatic rings. The highest BCUT2D eigenvalue weighted by Gasteiger charge is 2.27. The summed E-state index contributed by atoms with van der Waals surface area (Å²) in [6, 6.07) is 6.87. The number of carbonyl (C=O) groups excluding carboxylic acids is 2. The molecule has 156 valence electrons. The van der Waals surface area contributed by atoms with Gasteiger partial charge in [0.05, 0.1) is 29.9 Å². The van der Waals surface area contributed by atoms with E-state index in [1.807, 2.05) is 12.1 Å². The number of thiophene rings is 1. The van der Waals surface area contributed by atoms with E-state index >= 15 is 0 Å². The summed E-state index contributed by atoms with van der Waals surface area (Å²) in [6.07, 6.45) is 6.48. The Hall–Kier alpha value is -3.96. The van der Waals surface area contributed by atoms with Crippen molar-refractivity contribution in [2.45, 2.75) is 6.04 Å². The first-order valence-electron chi connectivity index (χ1n) is 9.27. The van der Waals surface area contributed by atoms with Crippen molar-refractivity contribution in [1.29, 1.82) is 0 Å². The van der Waals surface area contributed by atoms with Gasteiger partial charge in [0, 0.05) is 28.9 Å². The lowest BCUT2D eigenvalue weighted by molar-refractivity contribution is 0.0963. The van der Waals surface area contributed by atoms with Gasteiger partial charge in [0.25, 0.3) is 11.8 Å². The summed E-state index contributed by atoms with van der Waals surface area (Å²) < 4.78 is 8.00. The van der Waals surface area contributed by atoms with Gasteiger partial charge in [0.2, 0.25) is 0 Å². The summed E-state index contributed by atoms with van der Waals surface area (Å²) in [5.41, 5.74) is 13.7. The quantitative estimate of drug-likeness (QED) is 0.373. The van der Waals surface area contributed by atoms with Crippen molar-refractivity contribution >= 4 is 38.9 Å². The first-order chi connectivity index (χ1) is 15.0. The number of methoxy groups -OCH3 is 1. The van der Waals surface area contributed by atoms with Gasteiger partial charge in [-0.25, -0.2) is 14.9 Å². The fourth-order valence-electron chi connectivity index (χ4n) is 3.51. The first kappa shape index (κ1) is 19.0. The molecule has 0 saturated carbocycles. The van der Waals surface area contributed by atoms with E-state index in [0.717, 1.165) is 15.6 Å². The minimum Gasteiger partial charge on any atom is -0.496 e. The lowest BCUT2D eigenvalue weighted by Crippen LogP contribution is -2.31. The molecule has 1 aliphatic rings. The molecular weight excluding hydrogens is 418 g/mol. The van der Waals surface area contributed by atoms with Gasteiger partial charge in [0.15, 0.2) is 5.65 Å². The Morgan fingerprint density at radius 2 is 2.19 bits per heavy atom. The molecule has 1 aromatic carbocycles. The van der Waals surface area contributed by atoms with E-state index in [2.05, 4.69) is 26.3 Å². The number of hydrogen-bond acceptors (Lipinski definition) is 8. The average molecular weight is 435 g/mol. The zero-order chi connectivity index (χ0) is 21.5. The highest BCUT2D eigenvalue weighted by molar-refractivity contribution is 7.20. The third-order valence-corrected chi connectivity index (χ3v) is 6.08. The molecule has 0 fully saturated rings. The summed E-state index contributed by atoms with van der Waals surface area (Å²) in [4.78, 5) is 29.2. The Bertz CT molecular complexity index is 1370. The Balaban J connectivity index is 1.47. The van der Waals surface area contributed by atoms with Gasteiger partial charge in [-0.05, 0) is 29.7 Å². The normalized spacial score (nSPS) is 15.6. The van der Waals surface area contributed by atoms with Gasteiger partial charge >= 0.3 is 0 Å². The summed E-state index contributed by atoms with van der Waals surface area (Å²) in [6.45, 7) is 0. The van der Waals surface area contributed by atoms with E-state index in [1.54, 1.807) is 37.8 Å². The number of nitrogens with two attached hydrogens (primary N) is 1. The van der Waals surface area contributed by atoms with Gasteiger partial charge in [-0.1, -0.05) is 0 Å². The van der Waals surface area contributed by atoms with Gasteiger partial charge in [-0.15, -0.1) is 11.3 Å². The van der Waals surface area contributed by atoms with Crippen molar-refractivity contribution in [3.8, 4) is 5.75 Å². The lowest BCUT2D eigenvalue weighted by Gasteiger charge is -2.19. The Morgan fingerprint density at radius 3 is 3.00 bits per heavy atom. The summed E-state index contributed by atoms with van der Waals surface area (Å²) in [7, 11) is 1.57. The zero-order valence-electron chi connectivity index (χ0n) is 16.2. The molecule has 11 heteroatoms. The standard InChI is InChI=1S/C20H17N7O3S/c1-30-14-7-15-10(6-16(31-15)18(21)28)5-11(14)17-13(9-23-26-17)25-20(29)12-8-24-27-4-2-3-22-19(12)27/h2-9,17,23,26H,1H3,(H2,21,28)(H,25,29). The summed E-state index contributed by atoms with van der Waals surface area (Å²) in [5, 5.41) is 7.94. The number of amides is 2. The van der Waals surface area contributed by atoms with Crippen molar-refractivity contribution in [1.82, 2.24) is 30.8 Å². The molecule has 1 unspecified atom stereocenters. The van der Waals surface area contributed by atoms with Crippen LogP contribution in [-0.4, -0.2) is 33.5 Å². The van der Waals surface area contributed by atoms with Crippen molar-refractivity contribution in [3.05, 3.63) is 70.8 Å². The van der Waals surface area contributed by atoms with Crippen LogP contribution >= 0.6 is 11.3 Å². The number of aromatic nitrogens is 3. The molecule has 2 amide bonds. The number of hydrogen-bond donors (Lipinski definition) is 4. The molecule has 5 N–H and O–H groups in total. The van der Waals surface area contributed by atoms with E-state index < -0.39 is 11.9 Å². The molecule has 1 aliphatic heterocycles. The van der Waals surface area contributed by atoms with Gasteiger partial charge in [0.1, 0.15) is 11.3 Å². The smallest absolute Gasteiger partial charge is 0.261 e. The second kappa shape index (κ2) is 7.38. The third kappa shape index (κ3) is 3.25. The minimum atomic E-state index is -0.475. The molecule has 1 atom stereocenters. The second-order valence-corrected chi connectivity index (χ2v) is 7.91. The van der Waals surface area contributed by atoms with Crippen molar-refractivity contribution in [3.63, 3.8) is 0 Å². The van der Waals surface area contributed by atoms with Crippen LogP contribution < -0.4 is 26.6 Å². The highest BCUT2D eigenvalue weighted by atomic mass is 32.1. The number of primary amides is 1. The van der Waals surface area contributed by atoms with E-state index in [9.17, 15) is 9.59 Å². The van der Waals surface area contributed by atoms with E-state index in [0.29, 0.717) is 27.5 Å². The van der Waals surface area contributed by atoms with Crippen LogP contribution in [0.2, 0.25) is 0 Å². The fourth-order valence-corrected chi connectivity index (χ4v) is 4.44. The van der Waals surface area contributed by atoms with Crippen molar-refractivity contribution in [2.75, 3.05) is 7.11 Å². The predicted molar refractivity (Wildman–Crippen MR) is 114 cm³/mol. The van der Waals surface area contributed by atoms with Crippen LogP contribution in [0, 0.1) is 0 Å². The van der Waals surface area contributed by atoms with Gasteiger partial charge in [-0.3, -0.25) is 9.59 Å². The minimum absolute atomic E-state index is 0.331. The predicted octanol–water partition coefficient (Wildman–Crippen LogP) is 1.47. The number of benzene rings is 1. The number of nitrogens with one attached hydrogen (secondary N) is 3. The fraction of sp³-hybridized carbons (Fsp3) is 0.100. The van der Waals surface area contributed by atoms with Crippen molar-refractivity contribution < 1.29 is 14.3 Å². The molecule has 5 rings (SSSR count). The highest BCUT2D eigenvalue weighted by Crippen LogP contribution is 2.37. The molecule has 10 nitrogen and oxygen atoms in total. The van der Waals surface area contributed by atoms with Crippen LogP contribution in [0.3, 0.4) is 0 Å². The Morgan fingerprint density at radius 1 is 1.32 bits per heavy atom. The maximum absolute atomic E-state index is 12.9. The number of nitrogens with zero attached hydrogens (tertiary/aromatic N) is 3. The number of rotatable bonds is 5. The van der Waals surface area contributed by atoms with Crippen LogP contribution in [0.5, 0.6) is 5.75 Å². The second-order valence-electron chi connectivity index (χ2n) is 6.83. The summed E-state index contributed by atoms with van der Waals surface area (Å²) >= 11 is 1.31. The molecule has 3 aromatic heterocycles. The van der Waals surface area contributed by atoms with E-state index in [4.69, 9.17) is 10.5 Å². The lowest BCUT2D eigenvalue weighted by atomic mass is 10.0. The van der Waals surface area contributed by atoms with Crippen LogP contribution in [0.25, 0.3) is 15.7 Å². The van der Waals surface area contributed by atoms with Crippen molar-refractivity contribution in [2.24, 2.45) is 5.73 Å². The van der Waals surface area contributed by atoms with Crippen LogP contribution in [0.15, 0.2) is 54.8 Å². The van der Waals surface area contributed by atoms with Crippen LogP contribution in [0.4, 0.5) is 0 Å². The molecular formula is C20H17N7O3S. The molecule has 0 bridgehead atoms. The average Bonchev–Trinajstić information content (AvgIpc) is 3.50. The molecule has 31 heavy (non-hydrogen) atoms. The Kier molecular flexibility index (Phi) is 4.53. The number of hydrazine groups is 1. The van der Waals surface area contributed by atoms with E-state index in [-0.39, 0.29) is 5.91 Å². The maximum atomic E-state index is 12.9. The molecule has 0 saturated heterocycles. The third-order valence-electron chi connectivity index (χ3n) is 4.97.